The van der Waals surface area contributed by atoms with Gasteiger partial charge in [-0.15, -0.1) is 0 Å². The second-order valence-corrected chi connectivity index (χ2v) is 7.04. The SMILES string of the molecule is CC(C)(C)c1cnc2nc(-c3n[nH]c(C(F)(F)F)n3)c(-c3cnc[nH]3)n2c1. The molecule has 0 aliphatic heterocycles. The van der Waals surface area contributed by atoms with Gasteiger partial charge in [0.2, 0.25) is 17.4 Å². The molecule has 0 unspecified atom stereocenters. The summed E-state index contributed by atoms with van der Waals surface area (Å²) < 4.78 is 40.4. The Morgan fingerprint density at radius 3 is 2.44 bits per heavy atom. The first-order valence-corrected chi connectivity index (χ1v) is 8.02. The third-order valence-corrected chi connectivity index (χ3v) is 4.06. The zero-order chi connectivity index (χ0) is 19.4. The monoisotopic (exact) mass is 376 g/mol. The van der Waals surface area contributed by atoms with Gasteiger partial charge in [0.1, 0.15) is 11.4 Å². The largest absolute Gasteiger partial charge is 0.451 e. The van der Waals surface area contributed by atoms with Crippen LogP contribution in [0.2, 0.25) is 0 Å². The highest BCUT2D eigenvalue weighted by molar-refractivity contribution is 5.76. The van der Waals surface area contributed by atoms with Crippen LogP contribution in [0.5, 0.6) is 0 Å². The molecule has 0 atom stereocenters. The van der Waals surface area contributed by atoms with E-state index in [1.165, 1.54) is 6.33 Å². The second-order valence-electron chi connectivity index (χ2n) is 7.04. The molecule has 11 heteroatoms. The molecule has 0 saturated carbocycles. The fourth-order valence-corrected chi connectivity index (χ4v) is 2.61. The van der Waals surface area contributed by atoms with Gasteiger partial charge >= 0.3 is 6.18 Å². The van der Waals surface area contributed by atoms with Crippen molar-refractivity contribution < 1.29 is 13.2 Å². The van der Waals surface area contributed by atoms with Crippen molar-refractivity contribution in [2.24, 2.45) is 0 Å². The Morgan fingerprint density at radius 2 is 1.85 bits per heavy atom. The van der Waals surface area contributed by atoms with Crippen molar-refractivity contribution in [2.75, 3.05) is 0 Å². The number of hydrogen-bond donors (Lipinski definition) is 2. The summed E-state index contributed by atoms with van der Waals surface area (Å²) in [5.41, 5.74) is 1.97. The lowest BCUT2D eigenvalue weighted by molar-refractivity contribution is -0.144. The molecule has 4 aromatic heterocycles. The number of imidazole rings is 2. The molecule has 27 heavy (non-hydrogen) atoms. The van der Waals surface area contributed by atoms with Crippen LogP contribution in [-0.4, -0.2) is 39.5 Å². The highest BCUT2D eigenvalue weighted by Crippen LogP contribution is 2.33. The summed E-state index contributed by atoms with van der Waals surface area (Å²) in [5, 5.41) is 5.61. The Hall–Kier alpha value is -3.24. The summed E-state index contributed by atoms with van der Waals surface area (Å²) in [6.45, 7) is 6.11. The number of nitrogens with zero attached hydrogens (tertiary/aromatic N) is 6. The molecule has 4 rings (SSSR count). The molecule has 0 saturated heterocycles. The van der Waals surface area contributed by atoms with Crippen molar-refractivity contribution in [1.82, 2.24) is 39.5 Å². The van der Waals surface area contributed by atoms with E-state index in [0.29, 0.717) is 17.2 Å². The minimum absolute atomic E-state index is 0.171. The summed E-state index contributed by atoms with van der Waals surface area (Å²) in [7, 11) is 0. The van der Waals surface area contributed by atoms with Gasteiger partial charge in [-0.2, -0.15) is 18.3 Å². The maximum Gasteiger partial charge on any atom is 0.451 e. The highest BCUT2D eigenvalue weighted by Gasteiger charge is 2.36. The van der Waals surface area contributed by atoms with Gasteiger partial charge in [0.15, 0.2) is 0 Å². The number of rotatable bonds is 2. The number of hydrogen-bond acceptors (Lipinski definition) is 5. The Morgan fingerprint density at radius 1 is 1.07 bits per heavy atom. The highest BCUT2D eigenvalue weighted by atomic mass is 19.4. The van der Waals surface area contributed by atoms with E-state index in [4.69, 9.17) is 0 Å². The maximum absolute atomic E-state index is 12.9. The molecule has 140 valence electrons. The Bertz CT molecular complexity index is 1100. The van der Waals surface area contributed by atoms with E-state index in [1.807, 2.05) is 32.1 Å². The average Bonchev–Trinajstić information content (AvgIpc) is 3.30. The molecule has 0 amide bonds. The molecule has 4 aromatic rings. The molecule has 0 spiro atoms. The van der Waals surface area contributed by atoms with Crippen molar-refractivity contribution >= 4 is 5.78 Å². The molecular formula is C16H15F3N8. The molecule has 8 nitrogen and oxygen atoms in total. The van der Waals surface area contributed by atoms with Crippen LogP contribution in [0, 0.1) is 0 Å². The van der Waals surface area contributed by atoms with E-state index in [0.717, 1.165) is 5.56 Å². The normalized spacial score (nSPS) is 12.8. The second kappa shape index (κ2) is 5.63. The lowest BCUT2D eigenvalue weighted by atomic mass is 9.89. The van der Waals surface area contributed by atoms with Crippen LogP contribution in [0.1, 0.15) is 32.2 Å². The minimum atomic E-state index is -4.63. The van der Waals surface area contributed by atoms with E-state index >= 15 is 0 Å². The zero-order valence-electron chi connectivity index (χ0n) is 14.6. The standard InChI is InChI=1S/C16H15F3N8/c1-15(2,3)8-4-21-14-23-10(12-24-13(26-25-12)16(17,18)19)11(27(14)6-8)9-5-20-7-22-9/h4-7H,1-3H3,(H,20,22)(H,24,25,26). The minimum Gasteiger partial charge on any atom is -0.343 e. The summed E-state index contributed by atoms with van der Waals surface area (Å²) in [5.74, 6) is -1.04. The lowest BCUT2D eigenvalue weighted by Crippen LogP contribution is -2.12. The fourth-order valence-electron chi connectivity index (χ4n) is 2.61. The quantitative estimate of drug-likeness (QED) is 0.559. The summed E-state index contributed by atoms with van der Waals surface area (Å²) in [6, 6.07) is 0. The number of nitrogens with one attached hydrogen (secondary N) is 2. The van der Waals surface area contributed by atoms with Gasteiger partial charge in [-0.1, -0.05) is 20.8 Å². The van der Waals surface area contributed by atoms with Crippen molar-refractivity contribution in [3.05, 3.63) is 36.3 Å². The number of H-pyrrole nitrogens is 2. The van der Waals surface area contributed by atoms with E-state index in [1.54, 1.807) is 16.8 Å². The lowest BCUT2D eigenvalue weighted by Gasteiger charge is -2.18. The van der Waals surface area contributed by atoms with Gasteiger partial charge in [0, 0.05) is 12.4 Å². The predicted molar refractivity (Wildman–Crippen MR) is 89.6 cm³/mol. The van der Waals surface area contributed by atoms with Gasteiger partial charge in [-0.3, -0.25) is 9.50 Å². The molecule has 0 aromatic carbocycles. The topological polar surface area (TPSA) is 100 Å². The third-order valence-electron chi connectivity index (χ3n) is 4.06. The number of alkyl halides is 3. The van der Waals surface area contributed by atoms with Crippen LogP contribution >= 0.6 is 0 Å². The Labute approximate surface area is 150 Å². The van der Waals surface area contributed by atoms with Crippen molar-refractivity contribution in [2.45, 2.75) is 32.4 Å². The van der Waals surface area contributed by atoms with Crippen LogP contribution < -0.4 is 0 Å². The van der Waals surface area contributed by atoms with Gasteiger partial charge in [-0.05, 0) is 11.0 Å². The molecule has 2 N–H and O–H groups in total. The first-order chi connectivity index (χ1) is 12.6. The van der Waals surface area contributed by atoms with Crippen molar-refractivity contribution in [3.63, 3.8) is 0 Å². The van der Waals surface area contributed by atoms with Gasteiger partial charge in [-0.25, -0.2) is 19.9 Å². The molecule has 0 radical (unpaired) electrons. The van der Waals surface area contributed by atoms with Crippen LogP contribution in [0.25, 0.3) is 28.7 Å². The number of aromatic amines is 2. The molecule has 0 aliphatic rings. The van der Waals surface area contributed by atoms with E-state index in [-0.39, 0.29) is 16.9 Å². The van der Waals surface area contributed by atoms with Crippen LogP contribution in [0.3, 0.4) is 0 Å². The zero-order valence-corrected chi connectivity index (χ0v) is 14.6. The summed E-state index contributed by atoms with van der Waals surface area (Å²) in [4.78, 5) is 19.2. The number of aromatic nitrogens is 8. The smallest absolute Gasteiger partial charge is 0.343 e. The third kappa shape index (κ3) is 2.94. The number of halogens is 3. The van der Waals surface area contributed by atoms with Gasteiger partial charge in [0.05, 0.1) is 18.2 Å². The maximum atomic E-state index is 12.9. The van der Waals surface area contributed by atoms with Crippen molar-refractivity contribution in [1.29, 1.82) is 0 Å². The predicted octanol–water partition coefficient (Wildman–Crippen LogP) is 3.22. The Balaban J connectivity index is 1.98. The van der Waals surface area contributed by atoms with Crippen LogP contribution in [0.15, 0.2) is 24.9 Å². The summed E-state index contributed by atoms with van der Waals surface area (Å²) in [6.07, 6.45) is 1.94. The molecular weight excluding hydrogens is 361 g/mol. The first kappa shape index (κ1) is 17.2. The molecule has 0 bridgehead atoms. The summed E-state index contributed by atoms with van der Waals surface area (Å²) >= 11 is 0. The van der Waals surface area contributed by atoms with Crippen LogP contribution in [0.4, 0.5) is 13.2 Å². The molecule has 0 fully saturated rings. The Kier molecular flexibility index (Phi) is 3.58. The van der Waals surface area contributed by atoms with E-state index in [2.05, 4.69) is 30.0 Å². The van der Waals surface area contributed by atoms with E-state index < -0.39 is 12.0 Å². The van der Waals surface area contributed by atoms with Gasteiger partial charge in [0.25, 0.3) is 0 Å². The molecule has 4 heterocycles. The van der Waals surface area contributed by atoms with E-state index in [9.17, 15) is 13.2 Å². The fraction of sp³-hybridized carbons (Fsp3) is 0.312. The average molecular weight is 376 g/mol. The molecule has 0 aliphatic carbocycles. The van der Waals surface area contributed by atoms with Gasteiger partial charge < -0.3 is 4.98 Å². The first-order valence-electron chi connectivity index (χ1n) is 8.02. The number of fused-ring (bicyclic) bond motifs is 1. The van der Waals surface area contributed by atoms with Crippen LogP contribution in [-0.2, 0) is 11.6 Å². The van der Waals surface area contributed by atoms with Crippen molar-refractivity contribution in [3.8, 4) is 22.9 Å².